The molecule has 11 heteroatoms. The van der Waals surface area contributed by atoms with Crippen LogP contribution in [0.5, 0.6) is 17.4 Å². The number of nitrogens with zero attached hydrogens (tertiary/aromatic N) is 2. The molecule has 10 nitrogen and oxygen atoms in total. The number of carbonyl (C=O) groups is 1. The highest BCUT2D eigenvalue weighted by atomic mass is 32.2. The average Bonchev–Trinajstić information content (AvgIpc) is 3.15. The number of hydrogen-bond donors (Lipinski definition) is 2. The Labute approximate surface area is 292 Å². The van der Waals surface area contributed by atoms with E-state index in [1.165, 1.54) is 18.2 Å². The Morgan fingerprint density at radius 2 is 1.50 bits per heavy atom. The lowest BCUT2D eigenvalue weighted by molar-refractivity contribution is -0.112. The first-order chi connectivity index (χ1) is 24.3. The van der Waals surface area contributed by atoms with Crippen LogP contribution in [0.2, 0.25) is 0 Å². The third kappa shape index (κ3) is 10.2. The van der Waals surface area contributed by atoms with Crippen LogP contribution in [0.25, 0.3) is 28.5 Å². The molecule has 3 aromatic carbocycles. The second-order valence-electron chi connectivity index (χ2n) is 11.3. The zero-order valence-electron chi connectivity index (χ0n) is 27.8. The summed E-state index contributed by atoms with van der Waals surface area (Å²) in [7, 11) is -3.86. The summed E-state index contributed by atoms with van der Waals surface area (Å²) in [6.07, 6.45) is 6.49. The van der Waals surface area contributed by atoms with E-state index in [4.69, 9.17) is 25.0 Å². The number of sulfone groups is 1. The van der Waals surface area contributed by atoms with Gasteiger partial charge in [0.2, 0.25) is 5.88 Å². The number of hydrogen-bond acceptors (Lipinski definition) is 10. The number of unbranched alkanes of at least 4 members (excludes halogenated alkanes) is 2. The van der Waals surface area contributed by atoms with E-state index in [2.05, 4.69) is 28.6 Å². The van der Waals surface area contributed by atoms with Gasteiger partial charge in [0, 0.05) is 17.8 Å². The van der Waals surface area contributed by atoms with E-state index >= 15 is 0 Å². The summed E-state index contributed by atoms with van der Waals surface area (Å²) in [5.74, 6) is 6.06. The van der Waals surface area contributed by atoms with E-state index in [0.717, 1.165) is 47.8 Å². The summed E-state index contributed by atoms with van der Waals surface area (Å²) in [5, 5.41) is 0. The molecule has 0 spiro atoms. The molecular formula is C39H40N4O6S. The van der Waals surface area contributed by atoms with Crippen molar-refractivity contribution in [2.75, 3.05) is 31.0 Å². The summed E-state index contributed by atoms with van der Waals surface area (Å²) in [6, 6.07) is 32.4. The van der Waals surface area contributed by atoms with Gasteiger partial charge in [-0.25, -0.2) is 24.2 Å². The molecule has 5 rings (SSSR count). The summed E-state index contributed by atoms with van der Waals surface area (Å²) in [6.45, 7) is 3.32. The van der Waals surface area contributed by atoms with Gasteiger partial charge in [-0.05, 0) is 79.3 Å². The zero-order valence-corrected chi connectivity index (χ0v) is 28.6. The van der Waals surface area contributed by atoms with Crippen molar-refractivity contribution in [2.45, 2.75) is 31.1 Å². The number of anilines is 1. The van der Waals surface area contributed by atoms with Crippen molar-refractivity contribution in [1.29, 1.82) is 0 Å². The Morgan fingerprint density at radius 3 is 2.18 bits per heavy atom. The van der Waals surface area contributed by atoms with E-state index in [1.807, 2.05) is 61.5 Å². The number of nitrogen functional groups attached to an aromatic ring is 1. The fourth-order valence-electron chi connectivity index (χ4n) is 5.05. The molecule has 0 amide bonds. The number of allylic oxidation sites excluding steroid dienone is 1. The van der Waals surface area contributed by atoms with Gasteiger partial charge >= 0.3 is 0 Å². The van der Waals surface area contributed by atoms with Crippen molar-refractivity contribution in [3.05, 3.63) is 121 Å². The molecule has 50 heavy (non-hydrogen) atoms. The van der Waals surface area contributed by atoms with E-state index in [1.54, 1.807) is 24.3 Å². The molecule has 2 heterocycles. The van der Waals surface area contributed by atoms with Gasteiger partial charge < -0.3 is 19.6 Å². The van der Waals surface area contributed by atoms with Crippen molar-refractivity contribution in [3.8, 4) is 39.8 Å². The van der Waals surface area contributed by atoms with Crippen molar-refractivity contribution in [3.63, 3.8) is 0 Å². The maximum absolute atomic E-state index is 12.6. The Balaban J connectivity index is 1.10. The molecule has 0 fully saturated rings. The maximum Gasteiger partial charge on any atom is 0.214 e. The van der Waals surface area contributed by atoms with Gasteiger partial charge in [0.15, 0.2) is 27.1 Å². The highest BCUT2D eigenvalue weighted by Crippen LogP contribution is 2.30. The molecule has 2 aromatic heterocycles. The Hall–Kier alpha value is -5.52. The molecular weight excluding hydrogens is 653 g/mol. The highest BCUT2D eigenvalue weighted by Gasteiger charge is 2.18. The van der Waals surface area contributed by atoms with Gasteiger partial charge in [-0.15, -0.1) is 0 Å². The molecule has 0 atom stereocenters. The first-order valence-corrected chi connectivity index (χ1v) is 18.0. The molecule has 5 aromatic rings. The van der Waals surface area contributed by atoms with Crippen molar-refractivity contribution in [1.82, 2.24) is 9.97 Å². The number of nitrogens with one attached hydrogen (secondary N) is 1. The Kier molecular flexibility index (Phi) is 12.7. The van der Waals surface area contributed by atoms with Crippen LogP contribution in [-0.4, -0.2) is 49.7 Å². The van der Waals surface area contributed by atoms with Gasteiger partial charge in [0.05, 0.1) is 30.4 Å². The number of carbonyl (C=O) groups excluding carboxylic acids is 1. The minimum atomic E-state index is -3.86. The summed E-state index contributed by atoms with van der Waals surface area (Å²) in [5.41, 5.74) is 7.05. The minimum Gasteiger partial charge on any atom is -0.490 e. The van der Waals surface area contributed by atoms with Crippen LogP contribution in [0.3, 0.4) is 0 Å². The second kappa shape index (κ2) is 17.8. The number of nitrogens with two attached hydrogens (primary N) is 1. The largest absolute Gasteiger partial charge is 0.490 e. The monoisotopic (exact) mass is 692 g/mol. The van der Waals surface area contributed by atoms with E-state index in [9.17, 15) is 13.2 Å². The van der Waals surface area contributed by atoms with Gasteiger partial charge in [0.1, 0.15) is 11.6 Å². The quantitative estimate of drug-likeness (QED) is 0.0420. The van der Waals surface area contributed by atoms with Crippen LogP contribution in [0.15, 0.2) is 120 Å². The number of benzene rings is 3. The molecule has 0 radical (unpaired) electrons. The number of aromatic nitrogens is 2. The van der Waals surface area contributed by atoms with Crippen LogP contribution in [0.1, 0.15) is 31.7 Å². The molecule has 3 N–H and O–H groups in total. The second-order valence-corrected chi connectivity index (χ2v) is 13.3. The molecule has 0 bridgehead atoms. The van der Waals surface area contributed by atoms with Crippen molar-refractivity contribution in [2.24, 2.45) is 5.84 Å². The van der Waals surface area contributed by atoms with Crippen LogP contribution >= 0.6 is 0 Å². The molecule has 0 aliphatic rings. The molecule has 258 valence electrons. The predicted octanol–water partition coefficient (Wildman–Crippen LogP) is 7.18. The Morgan fingerprint density at radius 1 is 0.780 bits per heavy atom. The van der Waals surface area contributed by atoms with E-state index in [0.29, 0.717) is 48.6 Å². The third-order valence-electron chi connectivity index (χ3n) is 7.58. The van der Waals surface area contributed by atoms with Crippen LogP contribution in [0, 0.1) is 0 Å². The Bertz CT molecular complexity index is 1930. The number of rotatable bonds is 18. The van der Waals surface area contributed by atoms with Crippen molar-refractivity contribution < 1.29 is 27.4 Å². The predicted molar refractivity (Wildman–Crippen MR) is 196 cm³/mol. The number of pyridine rings is 2. The van der Waals surface area contributed by atoms with Crippen molar-refractivity contribution >= 4 is 27.5 Å². The topological polar surface area (TPSA) is 143 Å². The maximum atomic E-state index is 12.6. The first-order valence-electron chi connectivity index (χ1n) is 16.4. The number of hydrazine groups is 1. The SMILES string of the molecule is CCOc1cc(/C=C/C(=O)CS(=O)(=O)c2ccc(NN)nc2)ccc1OCCCCCOc1cc(-c2ccccc2)cc(-c2ccccc2)n1. The van der Waals surface area contributed by atoms with Crippen LogP contribution < -0.4 is 25.5 Å². The van der Waals surface area contributed by atoms with Gasteiger partial charge in [-0.3, -0.25) is 4.79 Å². The smallest absolute Gasteiger partial charge is 0.214 e. The van der Waals surface area contributed by atoms with E-state index < -0.39 is 21.4 Å². The third-order valence-corrected chi connectivity index (χ3v) is 9.20. The lowest BCUT2D eigenvalue weighted by Crippen LogP contribution is -2.15. The number of ketones is 1. The highest BCUT2D eigenvalue weighted by molar-refractivity contribution is 7.92. The van der Waals surface area contributed by atoms with Crippen LogP contribution in [0.4, 0.5) is 5.82 Å². The first kappa shape index (κ1) is 35.8. The number of ether oxygens (including phenoxy) is 3. The van der Waals surface area contributed by atoms with Gasteiger partial charge in [-0.2, -0.15) is 0 Å². The average molecular weight is 693 g/mol. The standard InChI is InChI=1S/C39H40N4O6S/c1-2-47-37-24-29(16-18-33(44)28-50(45,46)34-19-21-38(43-40)41-27-34)17-20-36(37)48-22-10-5-11-23-49-39-26-32(30-12-6-3-7-13-30)25-35(42-39)31-14-8-4-9-15-31/h3-4,6-9,12-21,24-27H,2,5,10-11,22-23,28,40H2,1H3,(H,41,43)/b18-16+. The summed E-state index contributed by atoms with van der Waals surface area (Å²) in [4.78, 5) is 21.1. The molecule has 0 saturated carbocycles. The lowest BCUT2D eigenvalue weighted by Gasteiger charge is -2.13. The lowest BCUT2D eigenvalue weighted by atomic mass is 10.0. The summed E-state index contributed by atoms with van der Waals surface area (Å²) < 4.78 is 43.2. The molecule has 0 saturated heterocycles. The van der Waals surface area contributed by atoms with Crippen LogP contribution in [-0.2, 0) is 14.6 Å². The normalized spacial score (nSPS) is 11.3. The fraction of sp³-hybridized carbons (Fsp3) is 0.205. The fourth-order valence-corrected chi connectivity index (χ4v) is 6.17. The van der Waals surface area contributed by atoms with Gasteiger partial charge in [-0.1, -0.05) is 72.8 Å². The van der Waals surface area contributed by atoms with Gasteiger partial charge in [0.25, 0.3) is 0 Å². The van der Waals surface area contributed by atoms with E-state index in [-0.39, 0.29) is 4.90 Å². The molecule has 0 unspecified atom stereocenters. The zero-order chi connectivity index (χ0) is 35.2. The molecule has 0 aliphatic carbocycles. The summed E-state index contributed by atoms with van der Waals surface area (Å²) >= 11 is 0. The molecule has 0 aliphatic heterocycles. The minimum absolute atomic E-state index is 0.0611.